The Hall–Kier alpha value is -2.16. The lowest BCUT2D eigenvalue weighted by atomic mass is 9.98. The lowest BCUT2D eigenvalue weighted by Crippen LogP contribution is -2.12. The third-order valence-corrected chi connectivity index (χ3v) is 3.49. The van der Waals surface area contributed by atoms with E-state index < -0.39 is 0 Å². The molecular weight excluding hydrogens is 262 g/mol. The molecular formula is C18H23NO2. The number of aromatic nitrogens is 1. The highest BCUT2D eigenvalue weighted by Gasteiger charge is 2.07. The van der Waals surface area contributed by atoms with Gasteiger partial charge in [-0.3, -0.25) is 9.59 Å². The maximum atomic E-state index is 11.5. The first kappa shape index (κ1) is 16.9. The summed E-state index contributed by atoms with van der Waals surface area (Å²) in [6, 6.07) is 7.60. The Kier molecular flexibility index (Phi) is 6.10. The van der Waals surface area contributed by atoms with Gasteiger partial charge >= 0.3 is 0 Å². The molecule has 0 atom stereocenters. The maximum absolute atomic E-state index is 11.5. The second kappa shape index (κ2) is 7.58. The summed E-state index contributed by atoms with van der Waals surface area (Å²) in [6.07, 6.45) is 2.47. The van der Waals surface area contributed by atoms with Crippen LogP contribution in [-0.4, -0.2) is 10.8 Å². The number of carbonyl (C=O) groups is 1. The van der Waals surface area contributed by atoms with E-state index in [1.165, 1.54) is 0 Å². The van der Waals surface area contributed by atoms with Crippen LogP contribution in [0.2, 0.25) is 0 Å². The largest absolute Gasteiger partial charge is 0.329 e. The number of rotatable bonds is 3. The molecule has 0 radical (unpaired) electrons. The molecule has 0 saturated carbocycles. The van der Waals surface area contributed by atoms with Gasteiger partial charge in [0, 0.05) is 17.3 Å². The predicted molar refractivity (Wildman–Crippen MR) is 87.1 cm³/mol. The van der Waals surface area contributed by atoms with Crippen molar-refractivity contribution < 1.29 is 4.79 Å². The van der Waals surface area contributed by atoms with Crippen molar-refractivity contribution in [3.63, 3.8) is 0 Å². The molecule has 1 N–H and O–H groups in total. The van der Waals surface area contributed by atoms with Crippen molar-refractivity contribution in [2.75, 3.05) is 0 Å². The van der Waals surface area contributed by atoms with Crippen molar-refractivity contribution in [2.24, 2.45) is 0 Å². The molecule has 3 heteroatoms. The molecule has 0 aliphatic heterocycles. The van der Waals surface area contributed by atoms with Crippen LogP contribution in [0, 0.1) is 13.8 Å². The van der Waals surface area contributed by atoms with E-state index in [0.717, 1.165) is 27.8 Å². The molecule has 112 valence electrons. The minimum atomic E-state index is -0.0428. The zero-order valence-electron chi connectivity index (χ0n) is 13.4. The number of benzene rings is 1. The number of ketones is 1. The van der Waals surface area contributed by atoms with Gasteiger partial charge in [0.15, 0.2) is 5.78 Å². The van der Waals surface area contributed by atoms with E-state index in [1.54, 1.807) is 13.1 Å². The van der Waals surface area contributed by atoms with Gasteiger partial charge in [-0.15, -0.1) is 0 Å². The highest BCUT2D eigenvalue weighted by Crippen LogP contribution is 2.15. The molecule has 3 nitrogen and oxygen atoms in total. The molecule has 2 rings (SSSR count). The van der Waals surface area contributed by atoms with Crippen LogP contribution in [0.25, 0.3) is 0 Å². The van der Waals surface area contributed by atoms with Crippen molar-refractivity contribution in [1.82, 2.24) is 4.98 Å². The summed E-state index contributed by atoms with van der Waals surface area (Å²) < 4.78 is 0. The van der Waals surface area contributed by atoms with Crippen molar-refractivity contribution >= 4 is 5.78 Å². The van der Waals surface area contributed by atoms with Gasteiger partial charge in [-0.2, -0.15) is 0 Å². The molecule has 0 amide bonds. The number of hydrogen-bond donors (Lipinski definition) is 1. The molecule has 0 aliphatic carbocycles. The Balaban J connectivity index is 0.00000106. The van der Waals surface area contributed by atoms with Crippen molar-refractivity contribution in [2.45, 2.75) is 41.0 Å². The third-order valence-electron chi connectivity index (χ3n) is 3.49. The van der Waals surface area contributed by atoms with E-state index in [4.69, 9.17) is 0 Å². The minimum Gasteiger partial charge on any atom is -0.329 e. The first-order valence-corrected chi connectivity index (χ1v) is 7.26. The monoisotopic (exact) mass is 285 g/mol. The van der Waals surface area contributed by atoms with Crippen LogP contribution in [-0.2, 0) is 6.42 Å². The van der Waals surface area contributed by atoms with Gasteiger partial charge in [-0.25, -0.2) is 0 Å². The van der Waals surface area contributed by atoms with Gasteiger partial charge in [0.1, 0.15) is 0 Å². The first-order chi connectivity index (χ1) is 9.99. The molecule has 1 aromatic carbocycles. The van der Waals surface area contributed by atoms with Crippen molar-refractivity contribution in [1.29, 1.82) is 0 Å². The van der Waals surface area contributed by atoms with Gasteiger partial charge in [0.05, 0.1) is 0 Å². The number of carbonyl (C=O) groups excluding carboxylic acids is 1. The van der Waals surface area contributed by atoms with Gasteiger partial charge in [-0.1, -0.05) is 32.0 Å². The fourth-order valence-electron chi connectivity index (χ4n) is 2.08. The summed E-state index contributed by atoms with van der Waals surface area (Å²) in [5, 5.41) is 0. The molecule has 0 unspecified atom stereocenters. The van der Waals surface area contributed by atoms with Crippen molar-refractivity contribution in [3.8, 4) is 0 Å². The van der Waals surface area contributed by atoms with Crippen LogP contribution >= 0.6 is 0 Å². The molecule has 21 heavy (non-hydrogen) atoms. The van der Waals surface area contributed by atoms with Crippen molar-refractivity contribution in [3.05, 3.63) is 68.6 Å². The Labute approximate surface area is 126 Å². The zero-order valence-corrected chi connectivity index (χ0v) is 13.4. The summed E-state index contributed by atoms with van der Waals surface area (Å²) in [4.78, 5) is 25.6. The summed E-state index contributed by atoms with van der Waals surface area (Å²) in [5.41, 5.74) is 4.59. The summed E-state index contributed by atoms with van der Waals surface area (Å²) >= 11 is 0. The Bertz CT molecular complexity index is 684. The van der Waals surface area contributed by atoms with E-state index in [-0.39, 0.29) is 11.3 Å². The highest BCUT2D eigenvalue weighted by atomic mass is 16.1. The average Bonchev–Trinajstić information content (AvgIpc) is 2.50. The lowest BCUT2D eigenvalue weighted by Gasteiger charge is -2.08. The summed E-state index contributed by atoms with van der Waals surface area (Å²) in [7, 11) is 0. The quantitative estimate of drug-likeness (QED) is 0.872. The average molecular weight is 285 g/mol. The Morgan fingerprint density at radius 1 is 1.14 bits per heavy atom. The summed E-state index contributed by atoms with van der Waals surface area (Å²) in [6.45, 7) is 9.34. The number of nitrogens with one attached hydrogen (secondary N) is 1. The SMILES string of the molecule is CC.CC(=O)c1cccc(Cc2c[nH]c(=O)c(C)c2C)c1. The van der Waals surface area contributed by atoms with Crippen LogP contribution in [0.1, 0.15) is 53.4 Å². The first-order valence-electron chi connectivity index (χ1n) is 7.26. The Morgan fingerprint density at radius 3 is 2.43 bits per heavy atom. The molecule has 0 saturated heterocycles. The standard InChI is InChI=1S/C16H17NO2.C2H6/c1-10-11(2)16(19)17-9-15(10)8-13-5-4-6-14(7-13)12(3)18;1-2/h4-7,9H,8H2,1-3H3,(H,17,19);1-2H3. The summed E-state index contributed by atoms with van der Waals surface area (Å²) in [5.74, 6) is 0.0659. The van der Waals surface area contributed by atoms with Gasteiger partial charge in [0.2, 0.25) is 0 Å². The normalized spacial score (nSPS) is 9.76. The Morgan fingerprint density at radius 2 is 1.81 bits per heavy atom. The van der Waals surface area contributed by atoms with Gasteiger partial charge in [0.25, 0.3) is 5.56 Å². The number of aromatic amines is 1. The molecule has 1 aromatic heterocycles. The lowest BCUT2D eigenvalue weighted by molar-refractivity contribution is 0.101. The maximum Gasteiger partial charge on any atom is 0.251 e. The molecule has 0 aliphatic rings. The number of hydrogen-bond acceptors (Lipinski definition) is 2. The van der Waals surface area contributed by atoms with Crippen LogP contribution in [0.3, 0.4) is 0 Å². The molecule has 0 fully saturated rings. The number of Topliss-reactive ketones (excluding diaryl/α,β-unsaturated/α-hetero) is 1. The van der Waals surface area contributed by atoms with E-state index in [1.807, 2.05) is 52.0 Å². The molecule has 0 bridgehead atoms. The van der Waals surface area contributed by atoms with E-state index in [9.17, 15) is 9.59 Å². The zero-order chi connectivity index (χ0) is 16.0. The topological polar surface area (TPSA) is 49.9 Å². The van der Waals surface area contributed by atoms with Crippen LogP contribution < -0.4 is 5.56 Å². The smallest absolute Gasteiger partial charge is 0.251 e. The van der Waals surface area contributed by atoms with Gasteiger partial charge < -0.3 is 4.98 Å². The minimum absolute atomic E-state index is 0.0428. The fourth-order valence-corrected chi connectivity index (χ4v) is 2.08. The van der Waals surface area contributed by atoms with E-state index >= 15 is 0 Å². The molecule has 1 heterocycles. The van der Waals surface area contributed by atoms with E-state index in [2.05, 4.69) is 4.98 Å². The molecule has 0 spiro atoms. The fraction of sp³-hybridized carbons (Fsp3) is 0.333. The highest BCUT2D eigenvalue weighted by molar-refractivity contribution is 5.94. The molecule has 2 aromatic rings. The van der Waals surface area contributed by atoms with E-state index in [0.29, 0.717) is 6.42 Å². The number of pyridine rings is 1. The van der Waals surface area contributed by atoms with Crippen LogP contribution in [0.5, 0.6) is 0 Å². The predicted octanol–water partition coefficient (Wildman–Crippen LogP) is 3.81. The van der Waals surface area contributed by atoms with Crippen LogP contribution in [0.15, 0.2) is 35.3 Å². The second-order valence-electron chi connectivity index (χ2n) is 4.83. The third kappa shape index (κ3) is 4.15. The van der Waals surface area contributed by atoms with Crippen LogP contribution in [0.4, 0.5) is 0 Å². The second-order valence-corrected chi connectivity index (χ2v) is 4.83. The van der Waals surface area contributed by atoms with Gasteiger partial charge in [-0.05, 0) is 49.9 Å². The number of H-pyrrole nitrogens is 1.